The summed E-state index contributed by atoms with van der Waals surface area (Å²) >= 11 is 6.18. The van der Waals surface area contributed by atoms with Crippen LogP contribution in [0.1, 0.15) is 5.56 Å². The highest BCUT2D eigenvalue weighted by Crippen LogP contribution is 2.38. The van der Waals surface area contributed by atoms with E-state index in [9.17, 15) is 18.0 Å². The van der Waals surface area contributed by atoms with Crippen molar-refractivity contribution in [1.82, 2.24) is 4.90 Å². The molecule has 0 saturated heterocycles. The lowest BCUT2D eigenvalue weighted by Gasteiger charge is -2.22. The molecule has 1 aliphatic heterocycles. The van der Waals surface area contributed by atoms with Gasteiger partial charge in [-0.1, -0.05) is 11.6 Å². The second-order valence-electron chi connectivity index (χ2n) is 6.05. The zero-order chi connectivity index (χ0) is 19.6. The quantitative estimate of drug-likeness (QED) is 0.779. The minimum atomic E-state index is -1.63. The predicted molar refractivity (Wildman–Crippen MR) is 93.7 cm³/mol. The Kier molecular flexibility index (Phi) is 5.76. The topological polar surface area (TPSA) is 50.8 Å². The number of carbonyl (C=O) groups is 1. The standard InChI is InChI=1S/C18H16ClF3N2O3/c1-24(8-10-6-11(19)18-14(7-10)26-4-5-27-18)9-15(25)23-13-3-2-12(20)16(21)17(13)22/h2-3,6-7H,4-5,8-9H2,1H3,(H,23,25). The summed E-state index contributed by atoms with van der Waals surface area (Å²) in [5, 5.41) is 2.63. The van der Waals surface area contributed by atoms with E-state index in [-0.39, 0.29) is 6.54 Å². The first-order valence-corrected chi connectivity index (χ1v) is 8.43. The van der Waals surface area contributed by atoms with E-state index in [2.05, 4.69) is 5.32 Å². The first-order chi connectivity index (χ1) is 12.8. The number of likely N-dealkylation sites (N-methyl/N-ethyl adjacent to an activating group) is 1. The van der Waals surface area contributed by atoms with Crippen molar-refractivity contribution in [2.45, 2.75) is 6.54 Å². The number of nitrogens with one attached hydrogen (secondary N) is 1. The third kappa shape index (κ3) is 4.45. The molecule has 0 saturated carbocycles. The highest BCUT2D eigenvalue weighted by atomic mass is 35.5. The second-order valence-corrected chi connectivity index (χ2v) is 6.45. The molecule has 0 radical (unpaired) electrons. The van der Waals surface area contributed by atoms with Crippen LogP contribution in [0.4, 0.5) is 18.9 Å². The molecule has 0 aromatic heterocycles. The first-order valence-electron chi connectivity index (χ1n) is 8.05. The summed E-state index contributed by atoms with van der Waals surface area (Å²) in [5.74, 6) is -3.95. The number of rotatable bonds is 5. The van der Waals surface area contributed by atoms with Gasteiger partial charge in [-0.25, -0.2) is 13.2 Å². The van der Waals surface area contributed by atoms with Gasteiger partial charge in [-0.15, -0.1) is 0 Å². The molecular weight excluding hydrogens is 385 g/mol. The average Bonchev–Trinajstić information content (AvgIpc) is 2.62. The zero-order valence-electron chi connectivity index (χ0n) is 14.3. The van der Waals surface area contributed by atoms with E-state index in [1.54, 1.807) is 24.1 Å². The molecule has 3 rings (SSSR count). The molecule has 0 fully saturated rings. The molecule has 2 aromatic rings. The van der Waals surface area contributed by atoms with E-state index in [1.807, 2.05) is 0 Å². The molecule has 0 unspecified atom stereocenters. The first kappa shape index (κ1) is 19.3. The van der Waals surface area contributed by atoms with Crippen LogP contribution in [0.25, 0.3) is 0 Å². The summed E-state index contributed by atoms with van der Waals surface area (Å²) in [6, 6.07) is 5.18. The van der Waals surface area contributed by atoms with Gasteiger partial charge in [0.1, 0.15) is 13.2 Å². The highest BCUT2D eigenvalue weighted by molar-refractivity contribution is 6.32. The van der Waals surface area contributed by atoms with E-state index in [0.29, 0.717) is 36.3 Å². The van der Waals surface area contributed by atoms with Gasteiger partial charge in [0.15, 0.2) is 29.0 Å². The molecule has 1 amide bonds. The summed E-state index contributed by atoms with van der Waals surface area (Å²) in [6.07, 6.45) is 0. The lowest BCUT2D eigenvalue weighted by Crippen LogP contribution is -2.30. The number of benzene rings is 2. The Morgan fingerprint density at radius 1 is 1.19 bits per heavy atom. The fourth-order valence-corrected chi connectivity index (χ4v) is 2.97. The maximum absolute atomic E-state index is 13.6. The van der Waals surface area contributed by atoms with Gasteiger partial charge >= 0.3 is 0 Å². The van der Waals surface area contributed by atoms with Crippen LogP contribution in [0.5, 0.6) is 11.5 Å². The van der Waals surface area contributed by atoms with Crippen molar-refractivity contribution in [3.8, 4) is 11.5 Å². The molecule has 0 spiro atoms. The average molecular weight is 401 g/mol. The van der Waals surface area contributed by atoms with Gasteiger partial charge in [0, 0.05) is 6.54 Å². The van der Waals surface area contributed by atoms with Crippen molar-refractivity contribution < 1.29 is 27.4 Å². The van der Waals surface area contributed by atoms with Gasteiger partial charge < -0.3 is 14.8 Å². The molecule has 9 heteroatoms. The van der Waals surface area contributed by atoms with Gasteiger partial charge in [0.25, 0.3) is 0 Å². The van der Waals surface area contributed by atoms with Crippen molar-refractivity contribution in [3.63, 3.8) is 0 Å². The van der Waals surface area contributed by atoms with Crippen molar-refractivity contribution in [1.29, 1.82) is 0 Å². The normalized spacial score (nSPS) is 13.0. The fraction of sp³-hybridized carbons (Fsp3) is 0.278. The smallest absolute Gasteiger partial charge is 0.238 e. The monoisotopic (exact) mass is 400 g/mol. The Bertz CT molecular complexity index is 879. The molecule has 2 aromatic carbocycles. The van der Waals surface area contributed by atoms with Crippen LogP contribution < -0.4 is 14.8 Å². The Hall–Kier alpha value is -2.45. The minimum absolute atomic E-state index is 0.107. The van der Waals surface area contributed by atoms with E-state index in [1.165, 1.54) is 0 Å². The lowest BCUT2D eigenvalue weighted by molar-refractivity contribution is -0.117. The third-order valence-electron chi connectivity index (χ3n) is 3.83. The summed E-state index contributed by atoms with van der Waals surface area (Å²) in [6.45, 7) is 1.09. The molecule has 0 atom stereocenters. The van der Waals surface area contributed by atoms with Gasteiger partial charge in [-0.05, 0) is 36.9 Å². The maximum Gasteiger partial charge on any atom is 0.238 e. The van der Waals surface area contributed by atoms with E-state index < -0.39 is 29.0 Å². The number of carbonyl (C=O) groups excluding carboxylic acids is 1. The molecule has 27 heavy (non-hydrogen) atoms. The molecule has 0 bridgehead atoms. The van der Waals surface area contributed by atoms with E-state index >= 15 is 0 Å². The van der Waals surface area contributed by atoms with Crippen molar-refractivity contribution >= 4 is 23.2 Å². The number of nitrogens with zero attached hydrogens (tertiary/aromatic N) is 1. The van der Waals surface area contributed by atoms with Crippen LogP contribution in [-0.2, 0) is 11.3 Å². The summed E-state index contributed by atoms with van der Waals surface area (Å²) < 4.78 is 50.7. The van der Waals surface area contributed by atoms with Gasteiger partial charge in [0.05, 0.1) is 17.3 Å². The van der Waals surface area contributed by atoms with Crippen LogP contribution in [0.15, 0.2) is 24.3 Å². The van der Waals surface area contributed by atoms with Crippen LogP contribution >= 0.6 is 11.6 Å². The van der Waals surface area contributed by atoms with E-state index in [4.69, 9.17) is 21.1 Å². The van der Waals surface area contributed by atoms with Crippen LogP contribution in [0.2, 0.25) is 5.02 Å². The minimum Gasteiger partial charge on any atom is -0.486 e. The number of halogens is 4. The lowest BCUT2D eigenvalue weighted by atomic mass is 10.2. The number of anilines is 1. The predicted octanol–water partition coefficient (Wildman–Crippen LogP) is 3.60. The SMILES string of the molecule is CN(CC(=O)Nc1ccc(F)c(F)c1F)Cc1cc(Cl)c2c(c1)OCCO2. The molecular formula is C18H16ClF3N2O3. The van der Waals surface area contributed by atoms with Gasteiger partial charge in [-0.3, -0.25) is 9.69 Å². The summed E-state index contributed by atoms with van der Waals surface area (Å²) in [4.78, 5) is 13.7. The Labute approximate surface area is 158 Å². The molecule has 0 aliphatic carbocycles. The number of amides is 1. The molecule has 5 nitrogen and oxygen atoms in total. The number of hydrogen-bond donors (Lipinski definition) is 1. The molecule has 144 valence electrons. The number of ether oxygens (including phenoxy) is 2. The van der Waals surface area contributed by atoms with E-state index in [0.717, 1.165) is 17.7 Å². The highest BCUT2D eigenvalue weighted by Gasteiger charge is 2.19. The maximum atomic E-state index is 13.6. The van der Waals surface area contributed by atoms with Crippen LogP contribution in [0.3, 0.4) is 0 Å². The third-order valence-corrected chi connectivity index (χ3v) is 4.11. The molecule has 1 N–H and O–H groups in total. The summed E-state index contributed by atoms with van der Waals surface area (Å²) in [5.41, 5.74) is 0.369. The Balaban J connectivity index is 1.62. The Morgan fingerprint density at radius 2 is 1.93 bits per heavy atom. The second kappa shape index (κ2) is 8.06. The molecule has 1 aliphatic rings. The van der Waals surface area contributed by atoms with Crippen molar-refractivity contribution in [2.75, 3.05) is 32.1 Å². The Morgan fingerprint density at radius 3 is 2.70 bits per heavy atom. The zero-order valence-corrected chi connectivity index (χ0v) is 15.1. The van der Waals surface area contributed by atoms with Crippen molar-refractivity contribution in [2.24, 2.45) is 0 Å². The fourth-order valence-electron chi connectivity index (χ4n) is 2.68. The van der Waals surface area contributed by atoms with Crippen LogP contribution in [-0.4, -0.2) is 37.6 Å². The summed E-state index contributed by atoms with van der Waals surface area (Å²) in [7, 11) is 1.67. The number of fused-ring (bicyclic) bond motifs is 1. The number of hydrogen-bond acceptors (Lipinski definition) is 4. The van der Waals surface area contributed by atoms with Crippen molar-refractivity contribution in [3.05, 3.63) is 52.3 Å². The van der Waals surface area contributed by atoms with Crippen LogP contribution in [0, 0.1) is 17.5 Å². The van der Waals surface area contributed by atoms with Gasteiger partial charge in [-0.2, -0.15) is 0 Å². The van der Waals surface area contributed by atoms with Gasteiger partial charge in [0.2, 0.25) is 5.91 Å². The molecule has 1 heterocycles. The largest absolute Gasteiger partial charge is 0.486 e.